The van der Waals surface area contributed by atoms with Crippen molar-refractivity contribution in [2.24, 2.45) is 0 Å². The Morgan fingerprint density at radius 2 is 1.29 bits per heavy atom. The van der Waals surface area contributed by atoms with Gasteiger partial charge in [0.05, 0.1) is 4.90 Å². The SMILES string of the molecule is O=S(=O)(OOc1ccccc1)c1ccccc1. The maximum atomic E-state index is 11.7. The molecule has 5 heteroatoms. The predicted molar refractivity (Wildman–Crippen MR) is 61.8 cm³/mol. The van der Waals surface area contributed by atoms with E-state index in [1.54, 1.807) is 48.5 Å². The average molecular weight is 250 g/mol. The lowest BCUT2D eigenvalue weighted by molar-refractivity contribution is -0.0926. The standard InChI is InChI=1S/C12H10O4S/c13-17(14,12-9-5-2-6-10-12)16-15-11-7-3-1-4-8-11/h1-10H. The molecule has 0 heterocycles. The van der Waals surface area contributed by atoms with Gasteiger partial charge in [0.2, 0.25) is 0 Å². The van der Waals surface area contributed by atoms with Crippen LogP contribution < -0.4 is 4.89 Å². The summed E-state index contributed by atoms with van der Waals surface area (Å²) in [5.41, 5.74) is 0. The highest BCUT2D eigenvalue weighted by atomic mass is 32.2. The van der Waals surface area contributed by atoms with Crippen LogP contribution in [-0.4, -0.2) is 8.42 Å². The van der Waals surface area contributed by atoms with Crippen LogP contribution in [0.5, 0.6) is 5.75 Å². The highest BCUT2D eigenvalue weighted by Crippen LogP contribution is 2.15. The van der Waals surface area contributed by atoms with Gasteiger partial charge in [-0.05, 0) is 24.3 Å². The lowest BCUT2D eigenvalue weighted by Crippen LogP contribution is -2.09. The molecule has 2 rings (SSSR count). The molecule has 4 nitrogen and oxygen atoms in total. The predicted octanol–water partition coefficient (Wildman–Crippen LogP) is 2.39. The van der Waals surface area contributed by atoms with Crippen molar-refractivity contribution in [2.45, 2.75) is 4.90 Å². The molecule has 0 fully saturated rings. The van der Waals surface area contributed by atoms with E-state index in [0.717, 1.165) is 0 Å². The molecule has 2 aromatic rings. The number of para-hydroxylation sites is 1. The van der Waals surface area contributed by atoms with E-state index in [4.69, 9.17) is 4.89 Å². The van der Waals surface area contributed by atoms with Crippen LogP contribution in [0.15, 0.2) is 65.6 Å². The summed E-state index contributed by atoms with van der Waals surface area (Å²) in [6.07, 6.45) is 0. The summed E-state index contributed by atoms with van der Waals surface area (Å²) in [7, 11) is -3.88. The van der Waals surface area contributed by atoms with Crippen molar-refractivity contribution in [1.29, 1.82) is 0 Å². The third-order valence-electron chi connectivity index (χ3n) is 1.99. The largest absolute Gasteiger partial charge is 0.332 e. The fourth-order valence-corrected chi connectivity index (χ4v) is 1.92. The van der Waals surface area contributed by atoms with Crippen molar-refractivity contribution < 1.29 is 17.6 Å². The zero-order chi connectivity index (χ0) is 12.1. The van der Waals surface area contributed by atoms with Gasteiger partial charge in [-0.25, -0.2) is 0 Å². The Balaban J connectivity index is 2.09. The molecular formula is C12H10O4S. The molecule has 0 N–H and O–H groups in total. The average Bonchev–Trinajstić information content (AvgIpc) is 2.39. The fraction of sp³-hybridized carbons (Fsp3) is 0. The summed E-state index contributed by atoms with van der Waals surface area (Å²) in [4.78, 5) is 4.79. The van der Waals surface area contributed by atoms with Crippen LogP contribution in [0.3, 0.4) is 0 Å². The van der Waals surface area contributed by atoms with Gasteiger partial charge in [-0.15, -0.1) is 0 Å². The van der Waals surface area contributed by atoms with Crippen LogP contribution in [0.25, 0.3) is 0 Å². The van der Waals surface area contributed by atoms with E-state index in [-0.39, 0.29) is 4.90 Å². The van der Waals surface area contributed by atoms with Gasteiger partial charge in [0, 0.05) is 0 Å². The molecule has 0 amide bonds. The zero-order valence-electron chi connectivity index (χ0n) is 8.81. The lowest BCUT2D eigenvalue weighted by Gasteiger charge is -2.04. The summed E-state index contributed by atoms with van der Waals surface area (Å²) in [6.45, 7) is 0. The molecule has 0 spiro atoms. The van der Waals surface area contributed by atoms with Crippen molar-refractivity contribution >= 4 is 10.1 Å². The van der Waals surface area contributed by atoms with E-state index in [1.807, 2.05) is 0 Å². The maximum Gasteiger partial charge on any atom is 0.332 e. The summed E-state index contributed by atoms with van der Waals surface area (Å²) in [6, 6.07) is 16.2. The molecule has 0 aliphatic heterocycles. The molecule has 0 aliphatic rings. The molecule has 0 aromatic heterocycles. The van der Waals surface area contributed by atoms with Gasteiger partial charge >= 0.3 is 10.1 Å². The molecule has 0 radical (unpaired) electrons. The summed E-state index contributed by atoms with van der Waals surface area (Å²) < 4.78 is 27.8. The Morgan fingerprint density at radius 3 is 1.88 bits per heavy atom. The smallest absolute Gasteiger partial charge is 0.321 e. The van der Waals surface area contributed by atoms with Crippen molar-refractivity contribution in [2.75, 3.05) is 0 Å². The van der Waals surface area contributed by atoms with Crippen LogP contribution in [0.1, 0.15) is 0 Å². The fourth-order valence-electron chi connectivity index (χ4n) is 1.19. The van der Waals surface area contributed by atoms with Crippen molar-refractivity contribution in [1.82, 2.24) is 0 Å². The van der Waals surface area contributed by atoms with Crippen molar-refractivity contribution in [3.63, 3.8) is 0 Å². The number of hydrogen-bond acceptors (Lipinski definition) is 4. The van der Waals surface area contributed by atoms with Crippen molar-refractivity contribution in [3.8, 4) is 5.75 Å². The third-order valence-corrected chi connectivity index (χ3v) is 3.09. The van der Waals surface area contributed by atoms with Gasteiger partial charge in [0.15, 0.2) is 5.75 Å². The lowest BCUT2D eigenvalue weighted by atomic mass is 10.3. The third kappa shape index (κ3) is 3.05. The van der Waals surface area contributed by atoms with Crippen LogP contribution in [0, 0.1) is 0 Å². The quantitative estimate of drug-likeness (QED) is 0.617. The Morgan fingerprint density at radius 1 is 0.765 bits per heavy atom. The zero-order valence-corrected chi connectivity index (χ0v) is 9.63. The molecule has 88 valence electrons. The van der Waals surface area contributed by atoms with E-state index >= 15 is 0 Å². The normalized spacial score (nSPS) is 11.1. The van der Waals surface area contributed by atoms with Gasteiger partial charge in [-0.3, -0.25) is 0 Å². The van der Waals surface area contributed by atoms with Crippen LogP contribution in [0.4, 0.5) is 0 Å². The minimum atomic E-state index is -3.88. The molecule has 0 bridgehead atoms. The number of rotatable bonds is 4. The van der Waals surface area contributed by atoms with E-state index < -0.39 is 10.1 Å². The first-order valence-electron chi connectivity index (χ1n) is 4.90. The molecule has 2 aromatic carbocycles. The monoisotopic (exact) mass is 250 g/mol. The Labute approximate surface area is 99.5 Å². The van der Waals surface area contributed by atoms with E-state index in [1.165, 1.54) is 12.1 Å². The van der Waals surface area contributed by atoms with Crippen LogP contribution >= 0.6 is 0 Å². The topological polar surface area (TPSA) is 52.6 Å². The Kier molecular flexibility index (Phi) is 3.41. The first-order valence-corrected chi connectivity index (χ1v) is 6.30. The Bertz CT molecular complexity index is 564. The highest BCUT2D eigenvalue weighted by molar-refractivity contribution is 7.86. The molecular weight excluding hydrogens is 240 g/mol. The van der Waals surface area contributed by atoms with Crippen LogP contribution in [-0.2, 0) is 14.5 Å². The summed E-state index contributed by atoms with van der Waals surface area (Å²) in [5, 5.41) is 0. The Hall–Kier alpha value is -1.85. The minimum Gasteiger partial charge on any atom is -0.321 e. The summed E-state index contributed by atoms with van der Waals surface area (Å²) in [5.74, 6) is 0.326. The van der Waals surface area contributed by atoms with Crippen LogP contribution in [0.2, 0.25) is 0 Å². The molecule has 0 saturated heterocycles. The van der Waals surface area contributed by atoms with Gasteiger partial charge in [0.1, 0.15) is 0 Å². The van der Waals surface area contributed by atoms with Gasteiger partial charge in [0.25, 0.3) is 0 Å². The van der Waals surface area contributed by atoms with E-state index in [0.29, 0.717) is 5.75 Å². The second-order valence-electron chi connectivity index (χ2n) is 3.23. The van der Waals surface area contributed by atoms with Crippen molar-refractivity contribution in [3.05, 3.63) is 60.7 Å². The van der Waals surface area contributed by atoms with E-state index in [9.17, 15) is 8.42 Å². The van der Waals surface area contributed by atoms with Gasteiger partial charge in [-0.2, -0.15) is 8.42 Å². The molecule has 0 atom stereocenters. The van der Waals surface area contributed by atoms with Gasteiger partial charge < -0.3 is 4.89 Å². The summed E-state index contributed by atoms with van der Waals surface area (Å²) >= 11 is 0. The minimum absolute atomic E-state index is 0.0518. The van der Waals surface area contributed by atoms with Gasteiger partial charge in [-0.1, -0.05) is 40.7 Å². The maximum absolute atomic E-state index is 11.7. The molecule has 17 heavy (non-hydrogen) atoms. The number of hydrogen-bond donors (Lipinski definition) is 0. The molecule has 0 saturated carbocycles. The highest BCUT2D eigenvalue weighted by Gasteiger charge is 2.16. The second-order valence-corrected chi connectivity index (χ2v) is 4.75. The second kappa shape index (κ2) is 4.99. The first-order chi connectivity index (χ1) is 8.18. The number of benzene rings is 2. The molecule has 0 unspecified atom stereocenters. The first kappa shape index (κ1) is 11.6. The van der Waals surface area contributed by atoms with E-state index in [2.05, 4.69) is 4.33 Å². The molecule has 0 aliphatic carbocycles.